The van der Waals surface area contributed by atoms with Crippen molar-refractivity contribution in [3.05, 3.63) is 60.2 Å². The smallest absolute Gasteiger partial charge is 0.0600 e. The molecule has 0 unspecified atom stereocenters. The third-order valence-electron chi connectivity index (χ3n) is 2.61. The Hall–Kier alpha value is -1.96. The Morgan fingerprint density at radius 2 is 1.56 bits per heavy atom. The van der Waals surface area contributed by atoms with E-state index in [2.05, 4.69) is 36.2 Å². The van der Waals surface area contributed by atoms with E-state index in [4.69, 9.17) is 5.73 Å². The van der Waals surface area contributed by atoms with Crippen molar-refractivity contribution in [3.63, 3.8) is 0 Å². The van der Waals surface area contributed by atoms with Crippen LogP contribution in [0.4, 0.5) is 11.4 Å². The van der Waals surface area contributed by atoms with E-state index in [1.807, 2.05) is 30.3 Å². The fraction of sp³-hybridized carbons (Fsp3) is 0.143. The van der Waals surface area contributed by atoms with Crippen molar-refractivity contribution in [2.45, 2.75) is 6.54 Å². The third kappa shape index (κ3) is 2.34. The molecule has 2 aromatic rings. The Morgan fingerprint density at radius 3 is 2.25 bits per heavy atom. The number of benzene rings is 2. The molecule has 82 valence electrons. The highest BCUT2D eigenvalue weighted by atomic mass is 15.1. The largest absolute Gasteiger partial charge is 0.397 e. The average Bonchev–Trinajstić information content (AvgIpc) is 2.31. The van der Waals surface area contributed by atoms with Gasteiger partial charge in [0.05, 0.1) is 11.4 Å². The molecule has 0 aromatic heterocycles. The van der Waals surface area contributed by atoms with E-state index in [-0.39, 0.29) is 0 Å². The summed E-state index contributed by atoms with van der Waals surface area (Å²) in [6.07, 6.45) is 0. The zero-order chi connectivity index (χ0) is 11.4. The predicted octanol–water partition coefficient (Wildman–Crippen LogP) is 2.91. The lowest BCUT2D eigenvalue weighted by atomic mass is 10.2. The first kappa shape index (κ1) is 10.6. The second-order valence-electron chi connectivity index (χ2n) is 3.90. The van der Waals surface area contributed by atoms with Crippen molar-refractivity contribution >= 4 is 11.4 Å². The summed E-state index contributed by atoms with van der Waals surface area (Å²) in [6, 6.07) is 18.3. The summed E-state index contributed by atoms with van der Waals surface area (Å²) >= 11 is 0. The first-order valence-corrected chi connectivity index (χ1v) is 5.37. The lowest BCUT2D eigenvalue weighted by molar-refractivity contribution is 0.925. The number of hydrogen-bond donors (Lipinski definition) is 1. The zero-order valence-corrected chi connectivity index (χ0v) is 9.43. The molecule has 2 nitrogen and oxygen atoms in total. The van der Waals surface area contributed by atoms with Gasteiger partial charge in [0.2, 0.25) is 0 Å². The summed E-state index contributed by atoms with van der Waals surface area (Å²) in [7, 11) is 2.05. The van der Waals surface area contributed by atoms with Crippen LogP contribution < -0.4 is 10.6 Å². The van der Waals surface area contributed by atoms with Crippen LogP contribution in [0.2, 0.25) is 0 Å². The third-order valence-corrected chi connectivity index (χ3v) is 2.61. The van der Waals surface area contributed by atoms with Gasteiger partial charge < -0.3 is 10.6 Å². The first-order chi connectivity index (χ1) is 7.77. The molecule has 0 radical (unpaired) electrons. The van der Waals surface area contributed by atoms with E-state index in [0.29, 0.717) is 0 Å². The molecule has 2 N–H and O–H groups in total. The van der Waals surface area contributed by atoms with Crippen LogP contribution >= 0.6 is 0 Å². The number of nitrogen functional groups attached to an aromatic ring is 1. The summed E-state index contributed by atoms with van der Waals surface area (Å²) in [4.78, 5) is 2.16. The maximum absolute atomic E-state index is 5.93. The van der Waals surface area contributed by atoms with Gasteiger partial charge in [0.1, 0.15) is 0 Å². The van der Waals surface area contributed by atoms with Crippen LogP contribution in [0.25, 0.3) is 0 Å². The van der Waals surface area contributed by atoms with Crippen LogP contribution in [-0.2, 0) is 6.54 Å². The minimum absolute atomic E-state index is 0.820. The first-order valence-electron chi connectivity index (χ1n) is 5.37. The van der Waals surface area contributed by atoms with Crippen molar-refractivity contribution in [2.24, 2.45) is 0 Å². The van der Waals surface area contributed by atoms with Crippen LogP contribution in [0, 0.1) is 0 Å². The standard InChI is InChI=1S/C14H16N2/c1-16(11-12-7-3-2-4-8-12)14-10-6-5-9-13(14)15/h2-10H,11,15H2,1H3. The summed E-state index contributed by atoms with van der Waals surface area (Å²) in [5.74, 6) is 0. The quantitative estimate of drug-likeness (QED) is 0.793. The maximum atomic E-state index is 5.93. The maximum Gasteiger partial charge on any atom is 0.0600 e. The lowest BCUT2D eigenvalue weighted by Gasteiger charge is -2.21. The molecule has 0 aliphatic heterocycles. The molecule has 2 aromatic carbocycles. The van der Waals surface area contributed by atoms with Crippen molar-refractivity contribution in [2.75, 3.05) is 17.7 Å². The molecule has 16 heavy (non-hydrogen) atoms. The van der Waals surface area contributed by atoms with Crippen molar-refractivity contribution < 1.29 is 0 Å². The highest BCUT2D eigenvalue weighted by Gasteiger charge is 2.04. The van der Waals surface area contributed by atoms with Gasteiger partial charge in [-0.3, -0.25) is 0 Å². The fourth-order valence-corrected chi connectivity index (χ4v) is 1.78. The average molecular weight is 212 g/mol. The number of hydrogen-bond acceptors (Lipinski definition) is 2. The summed E-state index contributed by atoms with van der Waals surface area (Å²) < 4.78 is 0. The summed E-state index contributed by atoms with van der Waals surface area (Å²) in [6.45, 7) is 0.870. The van der Waals surface area contributed by atoms with Gasteiger partial charge in [0.15, 0.2) is 0 Å². The number of anilines is 2. The van der Waals surface area contributed by atoms with E-state index in [1.54, 1.807) is 0 Å². The fourth-order valence-electron chi connectivity index (χ4n) is 1.78. The molecule has 2 heteroatoms. The number of nitrogens with zero attached hydrogens (tertiary/aromatic N) is 1. The Balaban J connectivity index is 2.15. The Bertz CT molecular complexity index is 451. The molecule has 0 fully saturated rings. The van der Waals surface area contributed by atoms with Crippen LogP contribution in [0.3, 0.4) is 0 Å². The molecule has 0 spiro atoms. The van der Waals surface area contributed by atoms with Gasteiger partial charge in [-0.25, -0.2) is 0 Å². The summed E-state index contributed by atoms with van der Waals surface area (Å²) in [5, 5.41) is 0. The van der Waals surface area contributed by atoms with Crippen LogP contribution in [-0.4, -0.2) is 7.05 Å². The van der Waals surface area contributed by atoms with Gasteiger partial charge in [-0.1, -0.05) is 42.5 Å². The van der Waals surface area contributed by atoms with Gasteiger partial charge >= 0.3 is 0 Å². The van der Waals surface area contributed by atoms with Crippen LogP contribution in [0.15, 0.2) is 54.6 Å². The topological polar surface area (TPSA) is 29.3 Å². The highest BCUT2D eigenvalue weighted by Crippen LogP contribution is 2.22. The second-order valence-corrected chi connectivity index (χ2v) is 3.90. The van der Waals surface area contributed by atoms with Gasteiger partial charge in [-0.2, -0.15) is 0 Å². The molecule has 0 aliphatic rings. The SMILES string of the molecule is CN(Cc1ccccc1)c1ccccc1N. The van der Waals surface area contributed by atoms with E-state index >= 15 is 0 Å². The Morgan fingerprint density at radius 1 is 0.938 bits per heavy atom. The monoisotopic (exact) mass is 212 g/mol. The minimum Gasteiger partial charge on any atom is -0.397 e. The van der Waals surface area contributed by atoms with Crippen LogP contribution in [0.1, 0.15) is 5.56 Å². The molecule has 0 amide bonds. The van der Waals surface area contributed by atoms with Crippen molar-refractivity contribution in [1.82, 2.24) is 0 Å². The molecule has 0 aliphatic carbocycles. The van der Waals surface area contributed by atoms with Crippen LogP contribution in [0.5, 0.6) is 0 Å². The number of rotatable bonds is 3. The molecule has 0 bridgehead atoms. The van der Waals surface area contributed by atoms with Gasteiger partial charge in [-0.15, -0.1) is 0 Å². The molecular weight excluding hydrogens is 196 g/mol. The molecule has 0 saturated carbocycles. The van der Waals surface area contributed by atoms with Crippen molar-refractivity contribution in [3.8, 4) is 0 Å². The molecule has 2 rings (SSSR count). The van der Waals surface area contributed by atoms with Gasteiger partial charge in [-0.05, 0) is 17.7 Å². The predicted molar refractivity (Wildman–Crippen MR) is 69.4 cm³/mol. The zero-order valence-electron chi connectivity index (χ0n) is 9.43. The highest BCUT2D eigenvalue weighted by molar-refractivity contribution is 5.66. The van der Waals surface area contributed by atoms with Crippen molar-refractivity contribution in [1.29, 1.82) is 0 Å². The minimum atomic E-state index is 0.820. The molecule has 0 saturated heterocycles. The van der Waals surface area contributed by atoms with E-state index in [9.17, 15) is 0 Å². The Labute approximate surface area is 96.3 Å². The number of para-hydroxylation sites is 2. The van der Waals surface area contributed by atoms with E-state index in [1.165, 1.54) is 5.56 Å². The normalized spacial score (nSPS) is 10.1. The lowest BCUT2D eigenvalue weighted by Crippen LogP contribution is -2.17. The Kier molecular flexibility index (Phi) is 3.10. The van der Waals surface area contributed by atoms with E-state index in [0.717, 1.165) is 17.9 Å². The van der Waals surface area contributed by atoms with E-state index < -0.39 is 0 Å². The molecule has 0 heterocycles. The second kappa shape index (κ2) is 4.71. The summed E-state index contributed by atoms with van der Waals surface area (Å²) in [5.41, 5.74) is 9.11. The molecule has 0 atom stereocenters. The van der Waals surface area contributed by atoms with Gasteiger partial charge in [0, 0.05) is 13.6 Å². The van der Waals surface area contributed by atoms with Gasteiger partial charge in [0.25, 0.3) is 0 Å². The molecular formula is C14H16N2. The number of nitrogens with two attached hydrogens (primary N) is 1.